The molecule has 0 atom stereocenters. The number of alkyl carbamates (subject to hydrolysis) is 1. The molecular formula is C19H27F3N4O3. The summed E-state index contributed by atoms with van der Waals surface area (Å²) in [4.78, 5) is 31.3. The van der Waals surface area contributed by atoms with E-state index in [0.29, 0.717) is 51.4 Å². The van der Waals surface area contributed by atoms with E-state index < -0.39 is 23.4 Å². The molecule has 0 saturated carbocycles. The Morgan fingerprint density at radius 1 is 1.14 bits per heavy atom. The van der Waals surface area contributed by atoms with Crippen LogP contribution in [0.15, 0.2) is 18.3 Å². The Bertz CT molecular complexity index is 694. The van der Waals surface area contributed by atoms with E-state index in [-0.39, 0.29) is 5.91 Å². The summed E-state index contributed by atoms with van der Waals surface area (Å²) in [5.74, 6) is 0.447. The normalized spacial score (nSPS) is 15.2. The number of carbonyl (C=O) groups is 2. The molecular weight excluding hydrogens is 389 g/mol. The molecule has 0 unspecified atom stereocenters. The molecule has 1 aliphatic heterocycles. The number of carbonyl (C=O) groups excluding carboxylic acids is 2. The summed E-state index contributed by atoms with van der Waals surface area (Å²) in [7, 11) is 0. The monoisotopic (exact) mass is 416 g/mol. The fourth-order valence-electron chi connectivity index (χ4n) is 2.83. The molecule has 0 bridgehead atoms. The second-order valence-electron chi connectivity index (χ2n) is 7.80. The van der Waals surface area contributed by atoms with E-state index >= 15 is 0 Å². The Labute approximate surface area is 168 Å². The van der Waals surface area contributed by atoms with Crippen molar-refractivity contribution in [2.75, 3.05) is 37.6 Å². The van der Waals surface area contributed by atoms with Crippen LogP contribution in [0.5, 0.6) is 0 Å². The van der Waals surface area contributed by atoms with E-state index in [2.05, 4.69) is 10.3 Å². The first-order valence-corrected chi connectivity index (χ1v) is 9.48. The van der Waals surface area contributed by atoms with Gasteiger partial charge in [0.05, 0.1) is 5.56 Å². The topological polar surface area (TPSA) is 74.8 Å². The number of alkyl halides is 3. The number of piperazine rings is 1. The first-order valence-electron chi connectivity index (χ1n) is 9.48. The van der Waals surface area contributed by atoms with E-state index in [1.807, 2.05) is 4.90 Å². The average Bonchev–Trinajstić information content (AvgIpc) is 2.63. The third kappa shape index (κ3) is 7.43. The molecule has 10 heteroatoms. The zero-order valence-electron chi connectivity index (χ0n) is 16.9. The number of hydrogen-bond donors (Lipinski definition) is 1. The molecule has 0 radical (unpaired) electrons. The van der Waals surface area contributed by atoms with Crippen LogP contribution >= 0.6 is 0 Å². The second kappa shape index (κ2) is 9.32. The molecule has 1 aromatic rings. The van der Waals surface area contributed by atoms with Crippen LogP contribution in [-0.4, -0.2) is 60.2 Å². The molecule has 29 heavy (non-hydrogen) atoms. The fourth-order valence-corrected chi connectivity index (χ4v) is 2.83. The Morgan fingerprint density at radius 3 is 2.31 bits per heavy atom. The average molecular weight is 416 g/mol. The van der Waals surface area contributed by atoms with Gasteiger partial charge in [-0.15, -0.1) is 0 Å². The number of hydrogen-bond acceptors (Lipinski definition) is 5. The summed E-state index contributed by atoms with van der Waals surface area (Å²) < 4.78 is 43.0. The molecule has 0 aliphatic carbocycles. The lowest BCUT2D eigenvalue weighted by atomic mass is 10.2. The van der Waals surface area contributed by atoms with Crippen LogP contribution in [0, 0.1) is 0 Å². The van der Waals surface area contributed by atoms with E-state index in [0.717, 1.165) is 12.3 Å². The van der Waals surface area contributed by atoms with E-state index in [4.69, 9.17) is 4.74 Å². The second-order valence-corrected chi connectivity index (χ2v) is 7.80. The van der Waals surface area contributed by atoms with Crippen molar-refractivity contribution < 1.29 is 27.5 Å². The highest BCUT2D eigenvalue weighted by molar-refractivity contribution is 5.76. The zero-order chi connectivity index (χ0) is 21.7. The highest BCUT2D eigenvalue weighted by Crippen LogP contribution is 2.29. The molecule has 1 N–H and O–H groups in total. The summed E-state index contributed by atoms with van der Waals surface area (Å²) in [6.45, 7) is 7.61. The third-order valence-corrected chi connectivity index (χ3v) is 4.27. The van der Waals surface area contributed by atoms with Gasteiger partial charge in [0.1, 0.15) is 11.4 Å². The van der Waals surface area contributed by atoms with Gasteiger partial charge in [0, 0.05) is 45.3 Å². The smallest absolute Gasteiger partial charge is 0.417 e. The lowest BCUT2D eigenvalue weighted by Gasteiger charge is -2.35. The van der Waals surface area contributed by atoms with Crippen molar-refractivity contribution in [1.82, 2.24) is 15.2 Å². The highest BCUT2D eigenvalue weighted by atomic mass is 19.4. The minimum Gasteiger partial charge on any atom is -0.444 e. The quantitative estimate of drug-likeness (QED) is 0.747. The predicted molar refractivity (Wildman–Crippen MR) is 102 cm³/mol. The summed E-state index contributed by atoms with van der Waals surface area (Å²) in [6.07, 6.45) is -3.30. The molecule has 162 valence electrons. The van der Waals surface area contributed by atoms with Crippen LogP contribution in [0.25, 0.3) is 0 Å². The Hall–Kier alpha value is -2.52. The minimum absolute atomic E-state index is 0.0176. The first-order chi connectivity index (χ1) is 13.5. The van der Waals surface area contributed by atoms with Crippen molar-refractivity contribution >= 4 is 17.8 Å². The summed E-state index contributed by atoms with van der Waals surface area (Å²) in [5.41, 5.74) is -1.35. The van der Waals surface area contributed by atoms with E-state index in [1.54, 1.807) is 25.7 Å². The number of amides is 2. The molecule has 0 aromatic carbocycles. The molecule has 2 rings (SSSR count). The van der Waals surface area contributed by atoms with Gasteiger partial charge in [0.2, 0.25) is 5.91 Å². The van der Waals surface area contributed by atoms with Gasteiger partial charge in [0.25, 0.3) is 0 Å². The van der Waals surface area contributed by atoms with Crippen molar-refractivity contribution in [2.24, 2.45) is 0 Å². The van der Waals surface area contributed by atoms with Crippen molar-refractivity contribution in [3.63, 3.8) is 0 Å². The number of nitrogens with one attached hydrogen (secondary N) is 1. The van der Waals surface area contributed by atoms with Crippen molar-refractivity contribution in [3.05, 3.63) is 23.9 Å². The summed E-state index contributed by atoms with van der Waals surface area (Å²) in [5, 5.41) is 2.61. The zero-order valence-corrected chi connectivity index (χ0v) is 16.9. The number of pyridine rings is 1. The SMILES string of the molecule is CC(C)(C)OC(=O)NCCCC(=O)N1CCN(c2ccc(C(F)(F)F)cn2)CC1. The number of nitrogens with zero attached hydrogens (tertiary/aromatic N) is 3. The van der Waals surface area contributed by atoms with Crippen LogP contribution in [0.3, 0.4) is 0 Å². The molecule has 1 aliphatic rings. The minimum atomic E-state index is -4.41. The number of aromatic nitrogens is 1. The van der Waals surface area contributed by atoms with Gasteiger partial charge in [-0.2, -0.15) is 13.2 Å². The van der Waals surface area contributed by atoms with Gasteiger partial charge < -0.3 is 19.9 Å². The molecule has 1 fully saturated rings. The number of anilines is 1. The van der Waals surface area contributed by atoms with Gasteiger partial charge in [-0.05, 0) is 39.3 Å². The van der Waals surface area contributed by atoms with Crippen LogP contribution in [0.4, 0.5) is 23.8 Å². The number of rotatable bonds is 5. The van der Waals surface area contributed by atoms with Gasteiger partial charge in [-0.1, -0.05) is 0 Å². The lowest BCUT2D eigenvalue weighted by Crippen LogP contribution is -2.49. The summed E-state index contributed by atoms with van der Waals surface area (Å²) in [6, 6.07) is 2.36. The fraction of sp³-hybridized carbons (Fsp3) is 0.632. The Balaban J connectivity index is 1.70. The maximum Gasteiger partial charge on any atom is 0.417 e. The predicted octanol–water partition coefficient (Wildman–Crippen LogP) is 3.05. The third-order valence-electron chi connectivity index (χ3n) is 4.27. The highest BCUT2D eigenvalue weighted by Gasteiger charge is 2.31. The lowest BCUT2D eigenvalue weighted by molar-refractivity contribution is -0.137. The molecule has 2 heterocycles. The van der Waals surface area contributed by atoms with Crippen molar-refractivity contribution in [3.8, 4) is 0 Å². The standard InChI is InChI=1S/C19H27F3N4O3/c1-18(2,3)29-17(28)23-8-4-5-16(27)26-11-9-25(10-12-26)15-7-6-14(13-24-15)19(20,21)22/h6-7,13H,4-5,8-12H2,1-3H3,(H,23,28). The van der Waals surface area contributed by atoms with Crippen LogP contribution in [0.1, 0.15) is 39.2 Å². The first kappa shape index (κ1) is 22.8. The summed E-state index contributed by atoms with van der Waals surface area (Å²) >= 11 is 0. The molecule has 0 spiro atoms. The van der Waals surface area contributed by atoms with Crippen molar-refractivity contribution in [1.29, 1.82) is 0 Å². The van der Waals surface area contributed by atoms with Gasteiger partial charge in [-0.3, -0.25) is 4.79 Å². The van der Waals surface area contributed by atoms with Crippen LogP contribution in [0.2, 0.25) is 0 Å². The number of ether oxygens (including phenoxy) is 1. The van der Waals surface area contributed by atoms with E-state index in [1.165, 1.54) is 6.07 Å². The van der Waals surface area contributed by atoms with Crippen molar-refractivity contribution in [2.45, 2.75) is 45.4 Å². The largest absolute Gasteiger partial charge is 0.444 e. The van der Waals surface area contributed by atoms with E-state index in [9.17, 15) is 22.8 Å². The molecule has 1 aromatic heterocycles. The van der Waals surface area contributed by atoms with Crippen LogP contribution < -0.4 is 10.2 Å². The van der Waals surface area contributed by atoms with Gasteiger partial charge in [0.15, 0.2) is 0 Å². The molecule has 2 amide bonds. The number of halogens is 3. The van der Waals surface area contributed by atoms with Gasteiger partial charge in [-0.25, -0.2) is 9.78 Å². The maximum absolute atomic E-state index is 12.6. The van der Waals surface area contributed by atoms with Gasteiger partial charge >= 0.3 is 12.3 Å². The van der Waals surface area contributed by atoms with Crippen LogP contribution in [-0.2, 0) is 15.7 Å². The maximum atomic E-state index is 12.6. The Kier molecular flexibility index (Phi) is 7.32. The molecule has 7 nitrogen and oxygen atoms in total. The molecule has 1 saturated heterocycles. The Morgan fingerprint density at radius 2 is 1.79 bits per heavy atom.